The van der Waals surface area contributed by atoms with Crippen LogP contribution in [0.25, 0.3) is 11.1 Å². The van der Waals surface area contributed by atoms with Crippen molar-refractivity contribution in [3.63, 3.8) is 0 Å². The van der Waals surface area contributed by atoms with Crippen LogP contribution in [0, 0.1) is 5.82 Å². The Morgan fingerprint density at radius 3 is 2.40 bits per heavy atom. The molecule has 0 bridgehead atoms. The Kier molecular flexibility index (Phi) is 3.94. The molecule has 0 unspecified atom stereocenters. The molecule has 0 saturated heterocycles. The Balaban J connectivity index is 2.36. The second-order valence-corrected chi connectivity index (χ2v) is 4.05. The van der Waals surface area contributed by atoms with Crippen molar-refractivity contribution in [2.24, 2.45) is 0 Å². The molecule has 2 nitrogen and oxygen atoms in total. The van der Waals surface area contributed by atoms with Crippen LogP contribution < -0.4 is 4.74 Å². The number of benzene rings is 2. The second kappa shape index (κ2) is 5.50. The number of halogens is 4. The average Bonchev–Trinajstić information content (AvgIpc) is 2.36. The van der Waals surface area contributed by atoms with Crippen molar-refractivity contribution in [1.82, 2.24) is 0 Å². The second-order valence-electron chi connectivity index (χ2n) is 4.05. The normalized spacial score (nSPS) is 11.4. The van der Waals surface area contributed by atoms with Gasteiger partial charge in [-0.2, -0.15) is 0 Å². The molecule has 2 aromatic rings. The van der Waals surface area contributed by atoms with Crippen molar-refractivity contribution in [3.8, 4) is 16.9 Å². The molecule has 0 aliphatic heterocycles. The Morgan fingerprint density at radius 2 is 1.80 bits per heavy atom. The third-order valence-corrected chi connectivity index (χ3v) is 2.59. The zero-order chi connectivity index (χ0) is 14.8. The van der Waals surface area contributed by atoms with Crippen molar-refractivity contribution >= 4 is 0 Å². The maximum atomic E-state index is 13.8. The summed E-state index contributed by atoms with van der Waals surface area (Å²) in [5.41, 5.74) is 0.775. The highest BCUT2D eigenvalue weighted by Crippen LogP contribution is 2.29. The van der Waals surface area contributed by atoms with Gasteiger partial charge in [-0.3, -0.25) is 0 Å². The number of ether oxygens (including phenoxy) is 1. The Labute approximate surface area is 112 Å². The van der Waals surface area contributed by atoms with E-state index in [1.54, 1.807) is 0 Å². The molecule has 0 aliphatic rings. The predicted molar refractivity (Wildman–Crippen MR) is 64.4 cm³/mol. The predicted octanol–water partition coefficient (Wildman–Crippen LogP) is 3.88. The summed E-state index contributed by atoms with van der Waals surface area (Å²) in [7, 11) is 0. The molecule has 0 saturated carbocycles. The Morgan fingerprint density at radius 1 is 1.05 bits per heavy atom. The number of hydrogen-bond acceptors (Lipinski definition) is 2. The SMILES string of the molecule is OCc1ccc(-c2cccc(OC(F)(F)F)c2)c(F)c1. The molecule has 0 heterocycles. The molecule has 0 amide bonds. The minimum absolute atomic E-state index is 0.134. The number of aliphatic hydroxyl groups is 1. The third-order valence-electron chi connectivity index (χ3n) is 2.59. The van der Waals surface area contributed by atoms with Gasteiger partial charge in [0, 0.05) is 5.56 Å². The highest BCUT2D eigenvalue weighted by molar-refractivity contribution is 5.66. The summed E-state index contributed by atoms with van der Waals surface area (Å²) in [5, 5.41) is 8.88. The van der Waals surface area contributed by atoms with Crippen molar-refractivity contribution in [1.29, 1.82) is 0 Å². The van der Waals surface area contributed by atoms with Crippen molar-refractivity contribution < 1.29 is 27.4 Å². The van der Waals surface area contributed by atoms with E-state index >= 15 is 0 Å². The standard InChI is InChI=1S/C14H10F4O2/c15-13-6-9(8-19)4-5-12(13)10-2-1-3-11(7-10)20-14(16,17)18/h1-7,19H,8H2. The Hall–Kier alpha value is -2.08. The largest absolute Gasteiger partial charge is 0.573 e. The van der Waals surface area contributed by atoms with E-state index in [-0.39, 0.29) is 17.7 Å². The van der Waals surface area contributed by atoms with Crippen LogP contribution in [0.2, 0.25) is 0 Å². The van der Waals surface area contributed by atoms with Gasteiger partial charge >= 0.3 is 6.36 Å². The monoisotopic (exact) mass is 286 g/mol. The first-order chi connectivity index (χ1) is 9.39. The van der Waals surface area contributed by atoms with Gasteiger partial charge in [0.25, 0.3) is 0 Å². The topological polar surface area (TPSA) is 29.5 Å². The number of rotatable bonds is 3. The summed E-state index contributed by atoms with van der Waals surface area (Å²) in [6.07, 6.45) is -4.79. The van der Waals surface area contributed by atoms with Crippen molar-refractivity contribution in [2.75, 3.05) is 0 Å². The van der Waals surface area contributed by atoms with E-state index < -0.39 is 17.9 Å². The van der Waals surface area contributed by atoms with Gasteiger partial charge in [-0.1, -0.05) is 24.3 Å². The molecule has 6 heteroatoms. The highest BCUT2D eigenvalue weighted by Gasteiger charge is 2.31. The fraction of sp³-hybridized carbons (Fsp3) is 0.143. The first-order valence-corrected chi connectivity index (χ1v) is 5.64. The first kappa shape index (κ1) is 14.3. The maximum Gasteiger partial charge on any atom is 0.573 e. The van der Waals surface area contributed by atoms with Crippen LogP contribution in [0.15, 0.2) is 42.5 Å². The van der Waals surface area contributed by atoms with Gasteiger partial charge in [0.05, 0.1) is 6.61 Å². The van der Waals surface area contributed by atoms with Gasteiger partial charge < -0.3 is 9.84 Å². The highest BCUT2D eigenvalue weighted by atomic mass is 19.4. The van der Waals surface area contributed by atoms with Crippen LogP contribution in [0.3, 0.4) is 0 Å². The van der Waals surface area contributed by atoms with E-state index in [4.69, 9.17) is 5.11 Å². The van der Waals surface area contributed by atoms with E-state index in [2.05, 4.69) is 4.74 Å². The molecule has 0 spiro atoms. The van der Waals surface area contributed by atoms with E-state index in [1.807, 2.05) is 0 Å². The van der Waals surface area contributed by atoms with Crippen LogP contribution in [0.4, 0.5) is 17.6 Å². The number of hydrogen-bond donors (Lipinski definition) is 1. The molecule has 106 valence electrons. The van der Waals surface area contributed by atoms with Crippen LogP contribution in [0.1, 0.15) is 5.56 Å². The van der Waals surface area contributed by atoms with Crippen molar-refractivity contribution in [2.45, 2.75) is 13.0 Å². The molecular formula is C14H10F4O2. The third kappa shape index (κ3) is 3.48. The van der Waals surface area contributed by atoms with Gasteiger partial charge in [0.15, 0.2) is 0 Å². The van der Waals surface area contributed by atoms with E-state index in [9.17, 15) is 17.6 Å². The summed E-state index contributed by atoms with van der Waals surface area (Å²) in [4.78, 5) is 0. The van der Waals surface area contributed by atoms with E-state index in [0.717, 1.165) is 18.2 Å². The summed E-state index contributed by atoms with van der Waals surface area (Å²) in [6, 6.07) is 9.08. The molecule has 2 rings (SSSR count). The van der Waals surface area contributed by atoms with Gasteiger partial charge in [-0.05, 0) is 29.3 Å². The van der Waals surface area contributed by atoms with Gasteiger partial charge in [0.1, 0.15) is 11.6 Å². The minimum Gasteiger partial charge on any atom is -0.406 e. The first-order valence-electron chi connectivity index (χ1n) is 5.64. The van der Waals surface area contributed by atoms with Gasteiger partial charge in [-0.15, -0.1) is 13.2 Å². The Bertz CT molecular complexity index is 608. The van der Waals surface area contributed by atoms with E-state index in [0.29, 0.717) is 5.56 Å². The average molecular weight is 286 g/mol. The summed E-state index contributed by atoms with van der Waals surface area (Å²) < 4.78 is 54.0. The molecule has 0 atom stereocenters. The molecule has 0 aliphatic carbocycles. The van der Waals surface area contributed by atoms with Gasteiger partial charge in [-0.25, -0.2) is 4.39 Å². The van der Waals surface area contributed by atoms with Crippen molar-refractivity contribution in [3.05, 3.63) is 53.8 Å². The fourth-order valence-electron chi connectivity index (χ4n) is 1.75. The lowest BCUT2D eigenvalue weighted by molar-refractivity contribution is -0.274. The summed E-state index contributed by atoms with van der Waals surface area (Å²) in [5.74, 6) is -1.04. The lowest BCUT2D eigenvalue weighted by Gasteiger charge is -2.11. The van der Waals surface area contributed by atoms with Crippen LogP contribution in [-0.4, -0.2) is 11.5 Å². The minimum atomic E-state index is -4.79. The molecule has 20 heavy (non-hydrogen) atoms. The van der Waals surface area contributed by atoms with Crippen LogP contribution >= 0.6 is 0 Å². The number of alkyl halides is 3. The van der Waals surface area contributed by atoms with Crippen LogP contribution in [0.5, 0.6) is 5.75 Å². The molecule has 2 aromatic carbocycles. The molecule has 1 N–H and O–H groups in total. The summed E-state index contributed by atoms with van der Waals surface area (Å²) in [6.45, 7) is -0.311. The maximum absolute atomic E-state index is 13.8. The fourth-order valence-corrected chi connectivity index (χ4v) is 1.75. The zero-order valence-corrected chi connectivity index (χ0v) is 10.1. The van der Waals surface area contributed by atoms with Gasteiger partial charge in [0.2, 0.25) is 0 Å². The molecule has 0 aromatic heterocycles. The zero-order valence-electron chi connectivity index (χ0n) is 10.1. The molecule has 0 radical (unpaired) electrons. The lowest BCUT2D eigenvalue weighted by atomic mass is 10.0. The number of aliphatic hydroxyl groups excluding tert-OH is 1. The van der Waals surface area contributed by atoms with Crippen LogP contribution in [-0.2, 0) is 6.61 Å². The molecular weight excluding hydrogens is 276 g/mol. The van der Waals surface area contributed by atoms with E-state index in [1.165, 1.54) is 24.3 Å². The molecule has 0 fully saturated rings. The lowest BCUT2D eigenvalue weighted by Crippen LogP contribution is -2.17. The smallest absolute Gasteiger partial charge is 0.406 e. The summed E-state index contributed by atoms with van der Waals surface area (Å²) >= 11 is 0. The quantitative estimate of drug-likeness (QED) is 0.868.